The van der Waals surface area contributed by atoms with Crippen LogP contribution in [0.5, 0.6) is 5.75 Å². The van der Waals surface area contributed by atoms with Crippen molar-refractivity contribution in [2.24, 2.45) is 0 Å². The van der Waals surface area contributed by atoms with E-state index in [1.807, 2.05) is 31.2 Å². The van der Waals surface area contributed by atoms with E-state index in [1.54, 1.807) is 0 Å². The summed E-state index contributed by atoms with van der Waals surface area (Å²) in [4.78, 5) is 10.9. The second-order valence-electron chi connectivity index (χ2n) is 3.88. The van der Waals surface area contributed by atoms with Crippen molar-refractivity contribution in [2.45, 2.75) is 13.8 Å². The number of amides is 1. The first-order chi connectivity index (χ1) is 8.49. The lowest BCUT2D eigenvalue weighted by Crippen LogP contribution is -2.32. The molecule has 0 atom stereocenters. The molecule has 1 aromatic carbocycles. The predicted octanol–water partition coefficient (Wildman–Crippen LogP) is 2.47. The standard InChI is InChI=1S/C13H16N2O2S/c1-9(2)8-17-12-7-5-4-6-11(12)15-13(18)14-10(3)16/h4-7H,1,8H2,2-3H3,(H2,14,15,16,18). The van der Waals surface area contributed by atoms with Gasteiger partial charge in [0.05, 0.1) is 5.69 Å². The molecule has 0 radical (unpaired) electrons. The lowest BCUT2D eigenvalue weighted by atomic mass is 10.3. The van der Waals surface area contributed by atoms with E-state index in [-0.39, 0.29) is 11.0 Å². The number of benzene rings is 1. The van der Waals surface area contributed by atoms with Crippen LogP contribution in [-0.4, -0.2) is 17.6 Å². The molecule has 0 aromatic heterocycles. The summed E-state index contributed by atoms with van der Waals surface area (Å²) in [7, 11) is 0. The molecule has 96 valence electrons. The second kappa shape index (κ2) is 6.76. The first-order valence-corrected chi connectivity index (χ1v) is 5.84. The Morgan fingerprint density at radius 1 is 1.39 bits per heavy atom. The number of para-hydroxylation sites is 2. The first kappa shape index (κ1) is 14.2. The van der Waals surface area contributed by atoms with Gasteiger partial charge in [-0.15, -0.1) is 0 Å². The second-order valence-corrected chi connectivity index (χ2v) is 4.29. The van der Waals surface area contributed by atoms with Crippen LogP contribution in [0.1, 0.15) is 13.8 Å². The monoisotopic (exact) mass is 264 g/mol. The van der Waals surface area contributed by atoms with E-state index in [9.17, 15) is 4.79 Å². The molecular weight excluding hydrogens is 248 g/mol. The fourth-order valence-electron chi connectivity index (χ4n) is 1.21. The van der Waals surface area contributed by atoms with E-state index < -0.39 is 0 Å². The molecule has 0 saturated carbocycles. The molecule has 1 aromatic rings. The highest BCUT2D eigenvalue weighted by molar-refractivity contribution is 7.80. The van der Waals surface area contributed by atoms with E-state index in [2.05, 4.69) is 17.2 Å². The van der Waals surface area contributed by atoms with Crippen LogP contribution in [-0.2, 0) is 4.79 Å². The van der Waals surface area contributed by atoms with Gasteiger partial charge in [0, 0.05) is 6.92 Å². The summed E-state index contributed by atoms with van der Waals surface area (Å²) >= 11 is 4.99. The molecule has 0 aliphatic rings. The highest BCUT2D eigenvalue weighted by atomic mass is 32.1. The van der Waals surface area contributed by atoms with Gasteiger partial charge in [0.1, 0.15) is 12.4 Å². The molecular formula is C13H16N2O2S. The van der Waals surface area contributed by atoms with Crippen molar-refractivity contribution >= 4 is 28.9 Å². The smallest absolute Gasteiger partial charge is 0.222 e. The largest absolute Gasteiger partial charge is 0.487 e. The van der Waals surface area contributed by atoms with Gasteiger partial charge in [0.25, 0.3) is 0 Å². The Kier molecular flexibility index (Phi) is 5.32. The van der Waals surface area contributed by atoms with Crippen molar-refractivity contribution in [2.75, 3.05) is 11.9 Å². The Balaban J connectivity index is 2.72. The van der Waals surface area contributed by atoms with Crippen LogP contribution in [0.2, 0.25) is 0 Å². The maximum Gasteiger partial charge on any atom is 0.222 e. The zero-order chi connectivity index (χ0) is 13.5. The van der Waals surface area contributed by atoms with E-state index >= 15 is 0 Å². The van der Waals surface area contributed by atoms with Crippen LogP contribution in [0.3, 0.4) is 0 Å². The minimum atomic E-state index is -0.215. The molecule has 1 rings (SSSR count). The molecule has 2 N–H and O–H groups in total. The lowest BCUT2D eigenvalue weighted by molar-refractivity contribution is -0.117. The Morgan fingerprint density at radius 3 is 2.67 bits per heavy atom. The zero-order valence-corrected chi connectivity index (χ0v) is 11.3. The topological polar surface area (TPSA) is 50.4 Å². The van der Waals surface area contributed by atoms with Gasteiger partial charge in [-0.25, -0.2) is 0 Å². The highest BCUT2D eigenvalue weighted by Gasteiger charge is 2.05. The molecule has 0 spiro atoms. The van der Waals surface area contributed by atoms with Crippen LogP contribution >= 0.6 is 12.2 Å². The number of ether oxygens (including phenoxy) is 1. The van der Waals surface area contributed by atoms with Gasteiger partial charge < -0.3 is 15.4 Å². The fraction of sp³-hybridized carbons (Fsp3) is 0.231. The quantitative estimate of drug-likeness (QED) is 0.648. The van der Waals surface area contributed by atoms with Gasteiger partial charge in [-0.3, -0.25) is 4.79 Å². The maximum absolute atomic E-state index is 10.9. The van der Waals surface area contributed by atoms with Gasteiger partial charge in [0.2, 0.25) is 5.91 Å². The van der Waals surface area contributed by atoms with Crippen LogP contribution in [0.25, 0.3) is 0 Å². The zero-order valence-electron chi connectivity index (χ0n) is 10.4. The summed E-state index contributed by atoms with van der Waals surface area (Å²) in [5.74, 6) is 0.445. The van der Waals surface area contributed by atoms with Crippen LogP contribution in [0.15, 0.2) is 36.4 Å². The molecule has 0 fully saturated rings. The molecule has 0 saturated heterocycles. The average molecular weight is 264 g/mol. The average Bonchev–Trinajstić information content (AvgIpc) is 2.26. The van der Waals surface area contributed by atoms with E-state index in [0.29, 0.717) is 18.0 Å². The van der Waals surface area contributed by atoms with Gasteiger partial charge >= 0.3 is 0 Å². The Bertz CT molecular complexity index is 472. The number of carbonyl (C=O) groups is 1. The molecule has 18 heavy (non-hydrogen) atoms. The van der Waals surface area contributed by atoms with Crippen molar-refractivity contribution in [1.29, 1.82) is 0 Å². The number of rotatable bonds is 4. The fourth-order valence-corrected chi connectivity index (χ4v) is 1.46. The summed E-state index contributed by atoms with van der Waals surface area (Å²) in [5.41, 5.74) is 1.63. The van der Waals surface area contributed by atoms with Crippen molar-refractivity contribution in [3.63, 3.8) is 0 Å². The maximum atomic E-state index is 10.9. The van der Waals surface area contributed by atoms with Crippen molar-refractivity contribution in [3.8, 4) is 5.75 Å². The molecule has 5 heteroatoms. The Hall–Kier alpha value is -1.88. The minimum absolute atomic E-state index is 0.215. The number of nitrogens with one attached hydrogen (secondary N) is 2. The number of hydrogen-bond acceptors (Lipinski definition) is 3. The SMILES string of the molecule is C=C(C)COc1ccccc1NC(=S)NC(C)=O. The minimum Gasteiger partial charge on any atom is -0.487 e. The van der Waals surface area contributed by atoms with Gasteiger partial charge in [-0.05, 0) is 36.8 Å². The van der Waals surface area contributed by atoms with Crippen molar-refractivity contribution in [1.82, 2.24) is 5.32 Å². The third-order valence-corrected chi connectivity index (χ3v) is 2.10. The third kappa shape index (κ3) is 4.97. The normalized spacial score (nSPS) is 9.44. The molecule has 0 aliphatic heterocycles. The lowest BCUT2D eigenvalue weighted by Gasteiger charge is -2.13. The Labute approximate surface area is 112 Å². The van der Waals surface area contributed by atoms with Gasteiger partial charge in [-0.1, -0.05) is 18.7 Å². The first-order valence-electron chi connectivity index (χ1n) is 5.44. The summed E-state index contributed by atoms with van der Waals surface area (Å²) < 4.78 is 5.57. The molecule has 1 amide bonds. The van der Waals surface area contributed by atoms with E-state index in [4.69, 9.17) is 17.0 Å². The number of anilines is 1. The van der Waals surface area contributed by atoms with Gasteiger partial charge in [-0.2, -0.15) is 0 Å². The number of hydrogen-bond donors (Lipinski definition) is 2. The molecule has 4 nitrogen and oxygen atoms in total. The summed E-state index contributed by atoms with van der Waals surface area (Å²) in [6.45, 7) is 7.50. The third-order valence-electron chi connectivity index (χ3n) is 1.90. The summed E-state index contributed by atoms with van der Waals surface area (Å²) in [5, 5.41) is 5.65. The molecule has 0 unspecified atom stereocenters. The highest BCUT2D eigenvalue weighted by Crippen LogP contribution is 2.23. The van der Waals surface area contributed by atoms with Crippen LogP contribution < -0.4 is 15.4 Å². The van der Waals surface area contributed by atoms with E-state index in [0.717, 1.165) is 5.57 Å². The molecule has 0 bridgehead atoms. The number of carbonyl (C=O) groups excluding carboxylic acids is 1. The predicted molar refractivity (Wildman–Crippen MR) is 76.8 cm³/mol. The van der Waals surface area contributed by atoms with E-state index in [1.165, 1.54) is 6.92 Å². The molecule has 0 heterocycles. The van der Waals surface area contributed by atoms with Crippen molar-refractivity contribution in [3.05, 3.63) is 36.4 Å². The van der Waals surface area contributed by atoms with Crippen molar-refractivity contribution < 1.29 is 9.53 Å². The molecule has 0 aliphatic carbocycles. The van der Waals surface area contributed by atoms with Crippen LogP contribution in [0, 0.1) is 0 Å². The van der Waals surface area contributed by atoms with Crippen LogP contribution in [0.4, 0.5) is 5.69 Å². The number of thiocarbonyl (C=S) groups is 1. The summed E-state index contributed by atoms with van der Waals surface area (Å²) in [6.07, 6.45) is 0. The van der Waals surface area contributed by atoms with Gasteiger partial charge in [0.15, 0.2) is 5.11 Å². The summed E-state index contributed by atoms with van der Waals surface area (Å²) in [6, 6.07) is 7.36. The Morgan fingerprint density at radius 2 is 2.06 bits per heavy atom.